The van der Waals surface area contributed by atoms with Gasteiger partial charge in [-0.3, -0.25) is 4.79 Å². The summed E-state index contributed by atoms with van der Waals surface area (Å²) in [4.78, 5) is 32.4. The standard InChI is InChI=1S/C21H20N4O3/c1-13-4-9-17(14(2)12-13)24-19(26)18-10-11-22-21(25-18)23-16-7-5-15(6-8-16)20(27)28-3/h4-12H,1-3H3,(H,24,26)(H,22,23,25). The Morgan fingerprint density at radius 2 is 1.75 bits per heavy atom. The molecule has 142 valence electrons. The minimum Gasteiger partial charge on any atom is -0.465 e. The number of carbonyl (C=O) groups is 2. The molecule has 7 heteroatoms. The van der Waals surface area contributed by atoms with E-state index in [0.717, 1.165) is 16.8 Å². The van der Waals surface area contributed by atoms with Crippen molar-refractivity contribution < 1.29 is 14.3 Å². The van der Waals surface area contributed by atoms with Crippen molar-refractivity contribution in [3.05, 3.63) is 77.1 Å². The van der Waals surface area contributed by atoms with Crippen molar-refractivity contribution in [2.24, 2.45) is 0 Å². The van der Waals surface area contributed by atoms with Gasteiger partial charge in [0.1, 0.15) is 5.69 Å². The number of aryl methyl sites for hydroxylation is 2. The second-order valence-electron chi connectivity index (χ2n) is 6.23. The third-order valence-corrected chi connectivity index (χ3v) is 4.08. The lowest BCUT2D eigenvalue weighted by molar-refractivity contribution is 0.0600. The molecule has 0 radical (unpaired) electrons. The molecule has 1 heterocycles. The van der Waals surface area contributed by atoms with Crippen LogP contribution in [0.4, 0.5) is 17.3 Å². The number of amides is 1. The van der Waals surface area contributed by atoms with Crippen LogP contribution < -0.4 is 10.6 Å². The Labute approximate surface area is 162 Å². The fourth-order valence-electron chi connectivity index (χ4n) is 2.62. The molecule has 0 aliphatic carbocycles. The van der Waals surface area contributed by atoms with Crippen molar-refractivity contribution in [3.8, 4) is 0 Å². The molecule has 0 fully saturated rings. The molecular weight excluding hydrogens is 356 g/mol. The fourth-order valence-corrected chi connectivity index (χ4v) is 2.62. The van der Waals surface area contributed by atoms with Gasteiger partial charge in [0.25, 0.3) is 5.91 Å². The lowest BCUT2D eigenvalue weighted by Gasteiger charge is -2.10. The average molecular weight is 376 g/mol. The number of nitrogens with zero attached hydrogens (tertiary/aromatic N) is 2. The van der Waals surface area contributed by atoms with Gasteiger partial charge in [-0.05, 0) is 55.8 Å². The fraction of sp³-hybridized carbons (Fsp3) is 0.143. The number of hydrogen-bond donors (Lipinski definition) is 2. The topological polar surface area (TPSA) is 93.2 Å². The van der Waals surface area contributed by atoms with Crippen LogP contribution >= 0.6 is 0 Å². The van der Waals surface area contributed by atoms with Gasteiger partial charge in [-0.2, -0.15) is 0 Å². The van der Waals surface area contributed by atoms with Crippen molar-refractivity contribution in [2.75, 3.05) is 17.7 Å². The Balaban J connectivity index is 1.72. The number of carbonyl (C=O) groups excluding carboxylic acids is 2. The van der Waals surface area contributed by atoms with E-state index in [9.17, 15) is 9.59 Å². The first-order valence-corrected chi connectivity index (χ1v) is 8.63. The molecule has 0 spiro atoms. The number of anilines is 3. The van der Waals surface area contributed by atoms with E-state index in [4.69, 9.17) is 0 Å². The maximum absolute atomic E-state index is 12.5. The van der Waals surface area contributed by atoms with Gasteiger partial charge in [-0.1, -0.05) is 17.7 Å². The molecule has 0 saturated heterocycles. The zero-order valence-corrected chi connectivity index (χ0v) is 15.8. The van der Waals surface area contributed by atoms with Crippen molar-refractivity contribution in [1.82, 2.24) is 9.97 Å². The summed E-state index contributed by atoms with van der Waals surface area (Å²) in [5, 5.41) is 5.87. The van der Waals surface area contributed by atoms with E-state index in [0.29, 0.717) is 11.3 Å². The largest absolute Gasteiger partial charge is 0.465 e. The summed E-state index contributed by atoms with van der Waals surface area (Å²) in [6, 6.07) is 14.0. The Kier molecular flexibility index (Phi) is 5.64. The highest BCUT2D eigenvalue weighted by molar-refractivity contribution is 6.03. The van der Waals surface area contributed by atoms with Crippen LogP contribution in [0.3, 0.4) is 0 Å². The minimum absolute atomic E-state index is 0.239. The molecule has 0 bridgehead atoms. The molecule has 0 aliphatic rings. The molecule has 3 rings (SSSR count). The zero-order valence-electron chi connectivity index (χ0n) is 15.8. The normalized spacial score (nSPS) is 10.2. The van der Waals surface area contributed by atoms with E-state index >= 15 is 0 Å². The first kappa shape index (κ1) is 19.0. The second kappa shape index (κ2) is 8.30. The summed E-state index contributed by atoms with van der Waals surface area (Å²) >= 11 is 0. The molecule has 0 aliphatic heterocycles. The van der Waals surface area contributed by atoms with Crippen LogP contribution in [-0.2, 0) is 4.74 Å². The van der Waals surface area contributed by atoms with E-state index in [1.54, 1.807) is 30.3 Å². The lowest BCUT2D eigenvalue weighted by atomic mass is 10.1. The molecule has 0 saturated carbocycles. The van der Waals surface area contributed by atoms with Crippen LogP contribution in [0.1, 0.15) is 32.0 Å². The third kappa shape index (κ3) is 4.50. The first-order chi connectivity index (χ1) is 13.5. The smallest absolute Gasteiger partial charge is 0.337 e. The van der Waals surface area contributed by atoms with E-state index in [-0.39, 0.29) is 17.5 Å². The maximum Gasteiger partial charge on any atom is 0.337 e. The van der Waals surface area contributed by atoms with Crippen LogP contribution in [0.2, 0.25) is 0 Å². The molecule has 1 aromatic heterocycles. The molecule has 1 amide bonds. The first-order valence-electron chi connectivity index (χ1n) is 8.63. The monoisotopic (exact) mass is 376 g/mol. The Bertz CT molecular complexity index is 1020. The molecular formula is C21H20N4O3. The highest BCUT2D eigenvalue weighted by Gasteiger charge is 2.11. The maximum atomic E-state index is 12.5. The predicted octanol–water partition coefficient (Wildman–Crippen LogP) is 3.88. The van der Waals surface area contributed by atoms with Crippen molar-refractivity contribution in [2.45, 2.75) is 13.8 Å². The van der Waals surface area contributed by atoms with Crippen LogP contribution in [-0.4, -0.2) is 29.0 Å². The summed E-state index contributed by atoms with van der Waals surface area (Å²) in [6.07, 6.45) is 1.51. The minimum atomic E-state index is -0.409. The third-order valence-electron chi connectivity index (χ3n) is 4.08. The van der Waals surface area contributed by atoms with E-state index in [2.05, 4.69) is 25.3 Å². The van der Waals surface area contributed by atoms with Gasteiger partial charge in [-0.25, -0.2) is 14.8 Å². The highest BCUT2D eigenvalue weighted by atomic mass is 16.5. The van der Waals surface area contributed by atoms with Crippen LogP contribution in [0, 0.1) is 13.8 Å². The van der Waals surface area contributed by atoms with Gasteiger partial charge in [0.15, 0.2) is 0 Å². The van der Waals surface area contributed by atoms with Gasteiger partial charge in [0.05, 0.1) is 12.7 Å². The molecule has 2 N–H and O–H groups in total. The van der Waals surface area contributed by atoms with Gasteiger partial charge < -0.3 is 15.4 Å². The Morgan fingerprint density at radius 1 is 1.00 bits per heavy atom. The molecule has 7 nitrogen and oxygen atoms in total. The number of esters is 1. The van der Waals surface area contributed by atoms with Gasteiger partial charge in [0.2, 0.25) is 5.95 Å². The van der Waals surface area contributed by atoms with Gasteiger partial charge >= 0.3 is 5.97 Å². The molecule has 2 aromatic carbocycles. The lowest BCUT2D eigenvalue weighted by Crippen LogP contribution is -2.15. The van der Waals surface area contributed by atoms with Crippen molar-refractivity contribution >= 4 is 29.2 Å². The van der Waals surface area contributed by atoms with Crippen molar-refractivity contribution in [1.29, 1.82) is 0 Å². The van der Waals surface area contributed by atoms with Gasteiger partial charge in [-0.15, -0.1) is 0 Å². The summed E-state index contributed by atoms with van der Waals surface area (Å²) in [6.45, 7) is 3.94. The molecule has 28 heavy (non-hydrogen) atoms. The second-order valence-corrected chi connectivity index (χ2v) is 6.23. The Morgan fingerprint density at radius 3 is 2.43 bits per heavy atom. The number of hydrogen-bond acceptors (Lipinski definition) is 6. The molecule has 0 unspecified atom stereocenters. The quantitative estimate of drug-likeness (QED) is 0.657. The number of nitrogens with one attached hydrogen (secondary N) is 2. The number of ether oxygens (including phenoxy) is 1. The summed E-state index contributed by atoms with van der Waals surface area (Å²) < 4.78 is 4.67. The van der Waals surface area contributed by atoms with E-state index in [1.165, 1.54) is 13.3 Å². The van der Waals surface area contributed by atoms with E-state index < -0.39 is 5.97 Å². The van der Waals surface area contributed by atoms with Gasteiger partial charge in [0, 0.05) is 17.6 Å². The number of benzene rings is 2. The molecule has 0 atom stereocenters. The summed E-state index contributed by atoms with van der Waals surface area (Å²) in [5.41, 5.74) is 4.20. The van der Waals surface area contributed by atoms with Crippen LogP contribution in [0.5, 0.6) is 0 Å². The van der Waals surface area contributed by atoms with Crippen LogP contribution in [0.25, 0.3) is 0 Å². The highest BCUT2D eigenvalue weighted by Crippen LogP contribution is 2.18. The number of rotatable bonds is 5. The van der Waals surface area contributed by atoms with Crippen LogP contribution in [0.15, 0.2) is 54.7 Å². The van der Waals surface area contributed by atoms with Crippen molar-refractivity contribution in [3.63, 3.8) is 0 Å². The average Bonchev–Trinajstić information content (AvgIpc) is 2.70. The number of aromatic nitrogens is 2. The summed E-state index contributed by atoms with van der Waals surface area (Å²) in [7, 11) is 1.33. The zero-order chi connectivity index (χ0) is 20.1. The SMILES string of the molecule is COC(=O)c1ccc(Nc2nccc(C(=O)Nc3ccc(C)cc3C)n2)cc1. The Hall–Kier alpha value is -3.74. The summed E-state index contributed by atoms with van der Waals surface area (Å²) in [5.74, 6) is -0.453. The van der Waals surface area contributed by atoms with E-state index in [1.807, 2.05) is 32.0 Å². The predicted molar refractivity (Wildman–Crippen MR) is 107 cm³/mol. The molecule has 3 aromatic rings. The number of methoxy groups -OCH3 is 1.